The molecule has 35 heavy (non-hydrogen) atoms. The molecule has 170 valence electrons. The first-order valence-electron chi connectivity index (χ1n) is 10.5. The zero-order chi connectivity index (χ0) is 23.4. The van der Waals surface area contributed by atoms with Crippen LogP contribution in [-0.4, -0.2) is 29.0 Å². The zero-order valence-corrected chi connectivity index (χ0v) is 24.0. The summed E-state index contributed by atoms with van der Waals surface area (Å²) in [6, 6.07) is 13.7. The van der Waals surface area contributed by atoms with Gasteiger partial charge in [-0.15, -0.1) is 0 Å². The number of hydrogen-bond donors (Lipinski definition) is 0. The summed E-state index contributed by atoms with van der Waals surface area (Å²) in [5.74, 6) is -0.744. The molecule has 9 heteroatoms. The fourth-order valence-electron chi connectivity index (χ4n) is 4.54. The van der Waals surface area contributed by atoms with Crippen molar-refractivity contribution in [1.82, 2.24) is 0 Å². The van der Waals surface area contributed by atoms with E-state index >= 15 is 4.39 Å². The standard InChI is InChI=1S/C26H9F3S4Se2/c27-14-1-3-30-24(14)20-6-10-5-11-16(8-18(10)34-20)32-23-12-7-13-19(9-17(12)33-22(11)23)35-26(21(13)29)25-15(28)2-4-31-25/h1-9H. The van der Waals surface area contributed by atoms with Gasteiger partial charge in [-0.05, 0) is 0 Å². The molecule has 0 aliphatic rings. The van der Waals surface area contributed by atoms with E-state index in [0.29, 0.717) is 14.7 Å². The number of fused-ring (bicyclic) bond motifs is 7. The minimum absolute atomic E-state index is 0.0823. The normalized spacial score (nSPS) is 12.4. The van der Waals surface area contributed by atoms with Crippen LogP contribution in [0.1, 0.15) is 0 Å². The van der Waals surface area contributed by atoms with E-state index in [1.165, 1.54) is 63.9 Å². The molecule has 0 aliphatic heterocycles. The van der Waals surface area contributed by atoms with Gasteiger partial charge in [0.25, 0.3) is 0 Å². The van der Waals surface area contributed by atoms with Crippen molar-refractivity contribution in [3.63, 3.8) is 0 Å². The van der Waals surface area contributed by atoms with Gasteiger partial charge >= 0.3 is 226 Å². The van der Waals surface area contributed by atoms with Crippen LogP contribution < -0.4 is 0 Å². The Morgan fingerprint density at radius 3 is 1.97 bits per heavy atom. The van der Waals surface area contributed by atoms with Crippen LogP contribution >= 0.6 is 45.3 Å². The van der Waals surface area contributed by atoms with Gasteiger partial charge in [-0.25, -0.2) is 0 Å². The molecule has 0 radical (unpaired) electrons. The van der Waals surface area contributed by atoms with E-state index in [1.54, 1.807) is 33.4 Å². The predicted octanol–water partition coefficient (Wildman–Crippen LogP) is 9.56. The van der Waals surface area contributed by atoms with E-state index in [9.17, 15) is 8.78 Å². The fourth-order valence-corrected chi connectivity index (χ4v) is 14.3. The van der Waals surface area contributed by atoms with Crippen molar-refractivity contribution in [2.24, 2.45) is 0 Å². The van der Waals surface area contributed by atoms with Crippen LogP contribution in [-0.2, 0) is 0 Å². The molecule has 8 rings (SSSR count). The quantitative estimate of drug-likeness (QED) is 0.162. The third-order valence-electron chi connectivity index (χ3n) is 6.13. The van der Waals surface area contributed by atoms with Gasteiger partial charge in [-0.2, -0.15) is 0 Å². The fraction of sp³-hybridized carbons (Fsp3) is 0. The Balaban J connectivity index is 1.35. The average Bonchev–Trinajstić information content (AvgIpc) is 3.66. The van der Waals surface area contributed by atoms with E-state index in [2.05, 4.69) is 24.3 Å². The van der Waals surface area contributed by atoms with Gasteiger partial charge in [0.2, 0.25) is 0 Å². The molecule has 6 heterocycles. The van der Waals surface area contributed by atoms with Crippen LogP contribution in [0, 0.1) is 17.5 Å². The Morgan fingerprint density at radius 2 is 1.29 bits per heavy atom. The van der Waals surface area contributed by atoms with E-state index in [1.807, 2.05) is 6.07 Å². The zero-order valence-electron chi connectivity index (χ0n) is 17.3. The molecule has 0 fully saturated rings. The van der Waals surface area contributed by atoms with Gasteiger partial charge < -0.3 is 0 Å². The van der Waals surface area contributed by atoms with Crippen LogP contribution in [0.15, 0.2) is 53.2 Å². The first kappa shape index (κ1) is 21.4. The first-order chi connectivity index (χ1) is 17.0. The Labute approximate surface area is 224 Å². The van der Waals surface area contributed by atoms with Crippen molar-refractivity contribution in [2.75, 3.05) is 0 Å². The van der Waals surface area contributed by atoms with Gasteiger partial charge in [-0.1, -0.05) is 0 Å². The first-order valence-corrected chi connectivity index (χ1v) is 17.3. The summed E-state index contributed by atoms with van der Waals surface area (Å²) in [6.45, 7) is 0. The van der Waals surface area contributed by atoms with Crippen molar-refractivity contribution < 1.29 is 13.2 Å². The predicted molar refractivity (Wildman–Crippen MR) is 150 cm³/mol. The average molecular weight is 665 g/mol. The van der Waals surface area contributed by atoms with Crippen molar-refractivity contribution in [3.8, 4) is 18.6 Å². The van der Waals surface area contributed by atoms with Gasteiger partial charge in [0, 0.05) is 0 Å². The molecule has 0 N–H and O–H groups in total. The molecule has 6 aromatic heterocycles. The van der Waals surface area contributed by atoms with Crippen molar-refractivity contribution in [1.29, 1.82) is 0 Å². The van der Waals surface area contributed by atoms with E-state index < -0.39 is 0 Å². The molecule has 0 nitrogen and oxygen atoms in total. The summed E-state index contributed by atoms with van der Waals surface area (Å²) < 4.78 is 52.4. The van der Waals surface area contributed by atoms with E-state index in [-0.39, 0.29) is 46.5 Å². The summed E-state index contributed by atoms with van der Waals surface area (Å²) >= 11 is 6.06. The van der Waals surface area contributed by atoms with Crippen molar-refractivity contribution in [2.45, 2.75) is 0 Å². The summed E-state index contributed by atoms with van der Waals surface area (Å²) in [4.78, 5) is 1.19. The Bertz CT molecular complexity index is 2110. The van der Waals surface area contributed by atoms with E-state index in [4.69, 9.17) is 0 Å². The van der Waals surface area contributed by atoms with Crippen molar-refractivity contribution in [3.05, 3.63) is 70.7 Å². The van der Waals surface area contributed by atoms with Gasteiger partial charge in [0.15, 0.2) is 0 Å². The van der Waals surface area contributed by atoms with E-state index in [0.717, 1.165) is 23.7 Å². The Morgan fingerprint density at radius 1 is 0.629 bits per heavy atom. The SMILES string of the molecule is Fc1ccsc1-c1cc2cc3c(cc2[se]1)sc1c2cc4c(F)c(-c5sccc5F)[se]c4cc2sc31. The molecule has 0 unspecified atom stereocenters. The van der Waals surface area contributed by atoms with Gasteiger partial charge in [0.1, 0.15) is 0 Å². The molecular weight excluding hydrogens is 655 g/mol. The third-order valence-corrected chi connectivity index (χ3v) is 15.8. The van der Waals surface area contributed by atoms with Crippen LogP contribution in [0.3, 0.4) is 0 Å². The number of hydrogen-bond acceptors (Lipinski definition) is 4. The molecule has 0 atom stereocenters. The summed E-state index contributed by atoms with van der Waals surface area (Å²) in [5, 5.41) is 7.57. The van der Waals surface area contributed by atoms with Crippen LogP contribution in [0.5, 0.6) is 0 Å². The third kappa shape index (κ3) is 3.08. The topological polar surface area (TPSA) is 0 Å². The summed E-state index contributed by atoms with van der Waals surface area (Å²) in [6.07, 6.45) is 0. The molecule has 0 amide bonds. The molecule has 0 saturated heterocycles. The summed E-state index contributed by atoms with van der Waals surface area (Å²) in [5.41, 5.74) is 0. The van der Waals surface area contributed by atoms with Crippen molar-refractivity contribution >= 4 is 123 Å². The summed E-state index contributed by atoms with van der Waals surface area (Å²) in [7, 11) is 0. The molecule has 0 aliphatic carbocycles. The minimum atomic E-state index is -0.336. The second-order valence-corrected chi connectivity index (χ2v) is 16.6. The second kappa shape index (κ2) is 7.67. The molecule has 0 bridgehead atoms. The van der Waals surface area contributed by atoms with Crippen LogP contribution in [0.4, 0.5) is 13.2 Å². The monoisotopic (exact) mass is 666 g/mol. The Kier molecular flexibility index (Phi) is 4.69. The van der Waals surface area contributed by atoms with Gasteiger partial charge in [0.05, 0.1) is 0 Å². The Hall–Kier alpha value is -1.67. The van der Waals surface area contributed by atoms with Crippen LogP contribution in [0.25, 0.3) is 67.5 Å². The molecular formula is C26H9F3S4Se2. The number of halogens is 3. The maximum atomic E-state index is 15.4. The molecule has 0 saturated carbocycles. The van der Waals surface area contributed by atoms with Gasteiger partial charge in [-0.3, -0.25) is 0 Å². The molecule has 2 aromatic carbocycles. The van der Waals surface area contributed by atoms with Crippen LogP contribution in [0.2, 0.25) is 0 Å². The number of benzene rings is 2. The molecule has 0 spiro atoms. The number of thiophene rings is 4. The maximum absolute atomic E-state index is 15.4. The molecule has 8 aromatic rings. The second-order valence-electron chi connectivity index (χ2n) is 8.14. The number of rotatable bonds is 2.